The van der Waals surface area contributed by atoms with Crippen LogP contribution >= 0.6 is 0 Å². The van der Waals surface area contributed by atoms with Gasteiger partial charge in [-0.25, -0.2) is 13.2 Å². The van der Waals surface area contributed by atoms with Crippen molar-refractivity contribution in [2.24, 2.45) is 28.6 Å². The second-order valence-corrected chi connectivity index (χ2v) is 21.5. The van der Waals surface area contributed by atoms with E-state index in [1.54, 1.807) is 25.7 Å². The van der Waals surface area contributed by atoms with Gasteiger partial charge in [-0.2, -0.15) is 0 Å². The van der Waals surface area contributed by atoms with Gasteiger partial charge in [0, 0.05) is 13.1 Å². The Labute approximate surface area is 317 Å². The first-order valence-corrected chi connectivity index (χ1v) is 21.8. The van der Waals surface area contributed by atoms with Gasteiger partial charge in [0.25, 0.3) is 5.91 Å². The molecule has 13 heteroatoms. The SMILES string of the molecule is C=CCNC(=O)C(=O)C(CC1CCC1)NC(=O)[C@@H]1[C@@H]2[C@H](CN1C(=O)[C@@H](NC(=O)NC1(CS(=O)(=O)C(C)(C)C)CCCCC1)C1(C)CCCCC1)C2(C)C. The summed E-state index contributed by atoms with van der Waals surface area (Å²) >= 11 is 0. The van der Waals surface area contributed by atoms with E-state index < -0.39 is 67.3 Å². The number of sulfone groups is 1. The van der Waals surface area contributed by atoms with Crippen LogP contribution < -0.4 is 21.3 Å². The summed E-state index contributed by atoms with van der Waals surface area (Å²) in [5.74, 6) is -2.27. The monoisotopic (exact) mass is 759 g/mol. The van der Waals surface area contributed by atoms with Crippen LogP contribution in [-0.4, -0.2) is 90.1 Å². The number of likely N-dealkylation sites (tertiary alicyclic amines) is 1. The van der Waals surface area contributed by atoms with E-state index in [1.165, 1.54) is 6.08 Å². The molecule has 0 bridgehead atoms. The Morgan fingerprint density at radius 3 is 2.04 bits per heavy atom. The smallest absolute Gasteiger partial charge is 0.315 e. The molecular weight excluding hydrogens is 695 g/mol. The van der Waals surface area contributed by atoms with E-state index in [2.05, 4.69) is 41.7 Å². The highest BCUT2D eigenvalue weighted by atomic mass is 32.2. The van der Waals surface area contributed by atoms with Crippen LogP contribution in [0.15, 0.2) is 12.7 Å². The van der Waals surface area contributed by atoms with Crippen LogP contribution in [0.3, 0.4) is 0 Å². The third-order valence-corrected chi connectivity index (χ3v) is 16.4. The van der Waals surface area contributed by atoms with Gasteiger partial charge in [0.1, 0.15) is 12.1 Å². The van der Waals surface area contributed by atoms with Crippen LogP contribution in [0.25, 0.3) is 0 Å². The molecule has 1 aliphatic heterocycles. The van der Waals surface area contributed by atoms with E-state index in [0.717, 1.165) is 57.8 Å². The molecule has 4 aliphatic carbocycles. The van der Waals surface area contributed by atoms with Gasteiger partial charge in [-0.05, 0) is 81.5 Å². The summed E-state index contributed by atoms with van der Waals surface area (Å²) in [6.07, 6.45) is 12.6. The van der Waals surface area contributed by atoms with Gasteiger partial charge in [0.2, 0.25) is 17.6 Å². The van der Waals surface area contributed by atoms with Crippen LogP contribution in [0.1, 0.15) is 131 Å². The Hall–Kier alpha value is -2.96. The van der Waals surface area contributed by atoms with Crippen molar-refractivity contribution in [2.75, 3.05) is 18.8 Å². The van der Waals surface area contributed by atoms with Crippen molar-refractivity contribution in [2.45, 2.75) is 160 Å². The number of amides is 5. The molecule has 0 aromatic carbocycles. The number of fused-ring (bicyclic) bond motifs is 1. The Kier molecular flexibility index (Phi) is 12.2. The lowest BCUT2D eigenvalue weighted by molar-refractivity contribution is -0.146. The fraction of sp³-hybridized carbons (Fsp3) is 0.825. The number of rotatable bonds is 14. The lowest BCUT2D eigenvalue weighted by atomic mass is 9.70. The molecule has 1 heterocycles. The van der Waals surface area contributed by atoms with E-state index >= 15 is 0 Å². The second-order valence-electron chi connectivity index (χ2n) is 18.8. The van der Waals surface area contributed by atoms with Gasteiger partial charge in [-0.15, -0.1) is 6.58 Å². The molecule has 1 unspecified atom stereocenters. The molecule has 0 radical (unpaired) electrons. The number of nitrogens with one attached hydrogen (secondary N) is 4. The Morgan fingerprint density at radius 1 is 0.887 bits per heavy atom. The molecule has 298 valence electrons. The quantitative estimate of drug-likeness (QED) is 0.149. The van der Waals surface area contributed by atoms with Crippen molar-refractivity contribution in [3.05, 3.63) is 12.7 Å². The molecule has 1 saturated heterocycles. The summed E-state index contributed by atoms with van der Waals surface area (Å²) in [5, 5.41) is 11.6. The molecule has 5 aliphatic rings. The summed E-state index contributed by atoms with van der Waals surface area (Å²) in [5.41, 5.74) is -1.73. The fourth-order valence-electron chi connectivity index (χ4n) is 9.64. The Bertz CT molecular complexity index is 1540. The molecule has 0 spiro atoms. The first-order valence-electron chi connectivity index (χ1n) is 20.1. The van der Waals surface area contributed by atoms with Gasteiger partial charge < -0.3 is 26.2 Å². The van der Waals surface area contributed by atoms with Gasteiger partial charge in [-0.3, -0.25) is 19.2 Å². The van der Waals surface area contributed by atoms with Crippen LogP contribution in [0.4, 0.5) is 4.79 Å². The van der Waals surface area contributed by atoms with Gasteiger partial charge >= 0.3 is 6.03 Å². The van der Waals surface area contributed by atoms with E-state index in [4.69, 9.17) is 0 Å². The zero-order chi connectivity index (χ0) is 39.0. The van der Waals surface area contributed by atoms with Crippen molar-refractivity contribution < 1.29 is 32.4 Å². The number of carbonyl (C=O) groups excluding carboxylic acids is 5. The Morgan fingerprint density at radius 2 is 1.49 bits per heavy atom. The number of carbonyl (C=O) groups is 5. The predicted molar refractivity (Wildman–Crippen MR) is 204 cm³/mol. The van der Waals surface area contributed by atoms with Crippen LogP contribution in [0.2, 0.25) is 0 Å². The van der Waals surface area contributed by atoms with E-state index in [0.29, 0.717) is 38.6 Å². The highest BCUT2D eigenvalue weighted by Crippen LogP contribution is 2.65. The maximum absolute atomic E-state index is 15.0. The predicted octanol–water partition coefficient (Wildman–Crippen LogP) is 4.57. The maximum atomic E-state index is 15.0. The molecule has 4 N–H and O–H groups in total. The molecule has 53 heavy (non-hydrogen) atoms. The number of urea groups is 1. The van der Waals surface area contributed by atoms with E-state index in [-0.39, 0.29) is 41.4 Å². The normalized spacial score (nSPS) is 27.2. The molecule has 0 aromatic rings. The molecule has 0 aromatic heterocycles. The minimum Gasteiger partial charge on any atom is -0.346 e. The van der Waals surface area contributed by atoms with Crippen LogP contribution in [-0.2, 0) is 29.0 Å². The number of hydrogen-bond acceptors (Lipinski definition) is 7. The largest absolute Gasteiger partial charge is 0.346 e. The minimum absolute atomic E-state index is 0.0700. The highest BCUT2D eigenvalue weighted by molar-refractivity contribution is 7.92. The third-order valence-electron chi connectivity index (χ3n) is 13.6. The molecule has 5 atom stereocenters. The van der Waals surface area contributed by atoms with E-state index in [1.807, 2.05) is 6.92 Å². The van der Waals surface area contributed by atoms with E-state index in [9.17, 15) is 32.4 Å². The third kappa shape index (κ3) is 8.80. The maximum Gasteiger partial charge on any atom is 0.315 e. The van der Waals surface area contributed by atoms with Crippen molar-refractivity contribution in [3.8, 4) is 0 Å². The van der Waals surface area contributed by atoms with Crippen molar-refractivity contribution in [3.63, 3.8) is 0 Å². The summed E-state index contributed by atoms with van der Waals surface area (Å²) in [6, 6.07) is -3.39. The number of hydrogen-bond donors (Lipinski definition) is 4. The van der Waals surface area contributed by atoms with Gasteiger partial charge in [0.15, 0.2) is 9.84 Å². The zero-order valence-electron chi connectivity index (χ0n) is 33.0. The molecule has 5 amide bonds. The number of nitrogens with zero attached hydrogens (tertiary/aromatic N) is 1. The number of ketones is 1. The zero-order valence-corrected chi connectivity index (χ0v) is 33.8. The fourth-order valence-corrected chi connectivity index (χ4v) is 11.2. The first kappa shape index (κ1) is 41.2. The first-order chi connectivity index (χ1) is 24.8. The van der Waals surface area contributed by atoms with Crippen LogP contribution in [0, 0.1) is 28.6 Å². The van der Waals surface area contributed by atoms with Crippen molar-refractivity contribution in [1.29, 1.82) is 0 Å². The Balaban J connectivity index is 1.40. The van der Waals surface area contributed by atoms with Crippen molar-refractivity contribution >= 4 is 39.4 Å². The van der Waals surface area contributed by atoms with Gasteiger partial charge in [0.05, 0.1) is 22.1 Å². The number of Topliss-reactive ketones (excluding diaryl/α,β-unsaturated/α-hetero) is 1. The lowest BCUT2D eigenvalue weighted by Gasteiger charge is -2.44. The summed E-state index contributed by atoms with van der Waals surface area (Å²) in [4.78, 5) is 71.2. The molecule has 5 rings (SSSR count). The molecular formula is C40H65N5O7S. The highest BCUT2D eigenvalue weighted by Gasteiger charge is 2.70. The summed E-state index contributed by atoms with van der Waals surface area (Å²) in [6.45, 7) is 15.3. The average molecular weight is 760 g/mol. The second kappa shape index (κ2) is 15.6. The topological polar surface area (TPSA) is 171 Å². The molecule has 5 fully saturated rings. The number of piperidine rings is 1. The molecule has 4 saturated carbocycles. The van der Waals surface area contributed by atoms with Crippen molar-refractivity contribution in [1.82, 2.24) is 26.2 Å². The van der Waals surface area contributed by atoms with Crippen LogP contribution in [0.5, 0.6) is 0 Å². The standard InChI is InChI=1S/C40H65N5O7S/c1-8-22-41-34(48)31(46)28(23-26-16-15-17-26)42-33(47)30-29-27(38(29,5)6)24-45(30)35(49)32(39(7)18-11-9-12-19-39)43-36(50)44-40(20-13-10-14-21-40)25-53(51,52)37(2,3)4/h8,26-30,32H,1,9-25H2,2-7H3,(H,41,48)(H,42,47)(H2,43,44,50)/t27-,28?,29-,30-,32+/m0/s1. The summed E-state index contributed by atoms with van der Waals surface area (Å²) < 4.78 is 25.9. The van der Waals surface area contributed by atoms with Gasteiger partial charge in [-0.1, -0.05) is 84.6 Å². The summed E-state index contributed by atoms with van der Waals surface area (Å²) in [7, 11) is -3.57. The lowest BCUT2D eigenvalue weighted by Crippen LogP contribution is -2.65. The molecule has 12 nitrogen and oxygen atoms in total. The minimum atomic E-state index is -3.57. The average Bonchev–Trinajstić information content (AvgIpc) is 3.36.